The molecule has 0 saturated heterocycles. The van der Waals surface area contributed by atoms with Crippen molar-refractivity contribution in [3.8, 4) is 11.1 Å². The van der Waals surface area contributed by atoms with Crippen molar-refractivity contribution in [2.45, 2.75) is 40.0 Å². The van der Waals surface area contributed by atoms with Crippen LogP contribution in [0, 0.1) is 0 Å². The lowest BCUT2D eigenvalue weighted by Gasteiger charge is -2.17. The molecule has 19 heavy (non-hydrogen) atoms. The Hall–Kier alpha value is -1.76. The molecule has 0 unspecified atom stereocenters. The molecule has 0 aliphatic rings. The van der Waals surface area contributed by atoms with Crippen molar-refractivity contribution in [2.24, 2.45) is 0 Å². The lowest BCUT2D eigenvalue weighted by molar-refractivity contribution is 1.05. The SMILES string of the molecule is CCc1cc(CC)c(-c2ccccc2N)c(CC)c1. The number of anilines is 1. The summed E-state index contributed by atoms with van der Waals surface area (Å²) >= 11 is 0. The van der Waals surface area contributed by atoms with Gasteiger partial charge < -0.3 is 5.73 Å². The number of para-hydroxylation sites is 1. The normalized spacial score (nSPS) is 10.7. The maximum atomic E-state index is 6.17. The van der Waals surface area contributed by atoms with Gasteiger partial charge in [-0.3, -0.25) is 0 Å². The highest BCUT2D eigenvalue weighted by molar-refractivity contribution is 5.81. The molecule has 2 aromatic carbocycles. The lowest BCUT2D eigenvalue weighted by Crippen LogP contribution is -2.00. The molecule has 0 aliphatic carbocycles. The van der Waals surface area contributed by atoms with Crippen LogP contribution in [0.15, 0.2) is 36.4 Å². The van der Waals surface area contributed by atoms with Gasteiger partial charge in [0.15, 0.2) is 0 Å². The van der Waals surface area contributed by atoms with Crippen LogP contribution in [0.25, 0.3) is 11.1 Å². The van der Waals surface area contributed by atoms with Gasteiger partial charge in [0.25, 0.3) is 0 Å². The Morgan fingerprint density at radius 3 is 1.89 bits per heavy atom. The number of nitrogens with two attached hydrogens (primary N) is 1. The van der Waals surface area contributed by atoms with E-state index in [0.717, 1.165) is 24.9 Å². The Morgan fingerprint density at radius 2 is 1.42 bits per heavy atom. The van der Waals surface area contributed by atoms with Crippen LogP contribution >= 0.6 is 0 Å². The third-order valence-corrected chi connectivity index (χ3v) is 3.76. The molecule has 2 rings (SSSR count). The topological polar surface area (TPSA) is 26.0 Å². The van der Waals surface area contributed by atoms with E-state index in [1.807, 2.05) is 12.1 Å². The Labute approximate surface area is 116 Å². The van der Waals surface area contributed by atoms with Gasteiger partial charge in [0, 0.05) is 11.3 Å². The van der Waals surface area contributed by atoms with Crippen LogP contribution in [0.5, 0.6) is 0 Å². The molecule has 0 spiro atoms. The zero-order valence-electron chi connectivity index (χ0n) is 12.2. The van der Waals surface area contributed by atoms with Crippen LogP contribution in [0.1, 0.15) is 37.5 Å². The quantitative estimate of drug-likeness (QED) is 0.790. The molecule has 0 amide bonds. The van der Waals surface area contributed by atoms with E-state index in [0.29, 0.717) is 0 Å². The van der Waals surface area contributed by atoms with Gasteiger partial charge in [0.1, 0.15) is 0 Å². The van der Waals surface area contributed by atoms with Gasteiger partial charge in [0.05, 0.1) is 0 Å². The average molecular weight is 253 g/mol. The molecule has 0 heterocycles. The predicted octanol–water partition coefficient (Wildman–Crippen LogP) is 4.62. The molecule has 2 N–H and O–H groups in total. The molecule has 0 atom stereocenters. The largest absolute Gasteiger partial charge is 0.398 e. The van der Waals surface area contributed by atoms with Crippen molar-refractivity contribution < 1.29 is 0 Å². The van der Waals surface area contributed by atoms with Crippen LogP contribution in [0.2, 0.25) is 0 Å². The summed E-state index contributed by atoms with van der Waals surface area (Å²) in [5, 5.41) is 0. The molecule has 100 valence electrons. The third-order valence-electron chi connectivity index (χ3n) is 3.76. The zero-order valence-corrected chi connectivity index (χ0v) is 12.2. The van der Waals surface area contributed by atoms with E-state index < -0.39 is 0 Å². The summed E-state index contributed by atoms with van der Waals surface area (Å²) in [5.74, 6) is 0. The minimum absolute atomic E-state index is 0.871. The first-order valence-corrected chi connectivity index (χ1v) is 7.20. The van der Waals surface area contributed by atoms with E-state index in [9.17, 15) is 0 Å². The Kier molecular flexibility index (Phi) is 4.26. The summed E-state index contributed by atoms with van der Waals surface area (Å²) in [5.41, 5.74) is 13.8. The smallest absolute Gasteiger partial charge is 0.0393 e. The second-order valence-electron chi connectivity index (χ2n) is 4.94. The van der Waals surface area contributed by atoms with Gasteiger partial charge in [-0.2, -0.15) is 0 Å². The maximum Gasteiger partial charge on any atom is 0.0393 e. The van der Waals surface area contributed by atoms with Crippen LogP contribution in [0.4, 0.5) is 5.69 Å². The third kappa shape index (κ3) is 2.65. The number of rotatable bonds is 4. The van der Waals surface area contributed by atoms with E-state index in [1.54, 1.807) is 0 Å². The molecule has 2 aromatic rings. The van der Waals surface area contributed by atoms with Crippen molar-refractivity contribution in [2.75, 3.05) is 5.73 Å². The summed E-state index contributed by atoms with van der Waals surface area (Å²) in [4.78, 5) is 0. The average Bonchev–Trinajstić information content (AvgIpc) is 2.46. The monoisotopic (exact) mass is 253 g/mol. The summed E-state index contributed by atoms with van der Waals surface area (Å²) in [6.45, 7) is 6.65. The number of hydrogen-bond donors (Lipinski definition) is 1. The fourth-order valence-corrected chi connectivity index (χ4v) is 2.67. The summed E-state index contributed by atoms with van der Waals surface area (Å²) < 4.78 is 0. The Balaban J connectivity index is 2.71. The van der Waals surface area contributed by atoms with Crippen molar-refractivity contribution in [3.05, 3.63) is 53.1 Å². The first-order valence-electron chi connectivity index (χ1n) is 7.20. The van der Waals surface area contributed by atoms with E-state index in [2.05, 4.69) is 45.0 Å². The van der Waals surface area contributed by atoms with Crippen molar-refractivity contribution in [1.29, 1.82) is 0 Å². The van der Waals surface area contributed by atoms with Crippen molar-refractivity contribution >= 4 is 5.69 Å². The van der Waals surface area contributed by atoms with Gasteiger partial charge in [-0.1, -0.05) is 51.1 Å². The molecule has 0 saturated carbocycles. The number of benzene rings is 2. The molecule has 0 aliphatic heterocycles. The molecule has 1 nitrogen and oxygen atoms in total. The lowest BCUT2D eigenvalue weighted by atomic mass is 9.88. The minimum atomic E-state index is 0.871. The van der Waals surface area contributed by atoms with Crippen LogP contribution < -0.4 is 5.73 Å². The number of nitrogen functional groups attached to an aromatic ring is 1. The van der Waals surface area contributed by atoms with E-state index in [-0.39, 0.29) is 0 Å². The number of aryl methyl sites for hydroxylation is 3. The highest BCUT2D eigenvalue weighted by Gasteiger charge is 2.12. The summed E-state index contributed by atoms with van der Waals surface area (Å²) in [7, 11) is 0. The van der Waals surface area contributed by atoms with E-state index >= 15 is 0 Å². The predicted molar refractivity (Wildman–Crippen MR) is 84.4 cm³/mol. The first kappa shape index (κ1) is 13.7. The van der Waals surface area contributed by atoms with Gasteiger partial charge in [0.2, 0.25) is 0 Å². The molecular formula is C18H23N. The van der Waals surface area contributed by atoms with E-state index in [4.69, 9.17) is 5.73 Å². The second-order valence-corrected chi connectivity index (χ2v) is 4.94. The van der Waals surface area contributed by atoms with Crippen LogP contribution in [-0.4, -0.2) is 0 Å². The van der Waals surface area contributed by atoms with Gasteiger partial charge in [-0.25, -0.2) is 0 Å². The van der Waals surface area contributed by atoms with Gasteiger partial charge >= 0.3 is 0 Å². The first-order chi connectivity index (χ1) is 9.21. The zero-order chi connectivity index (χ0) is 13.8. The van der Waals surface area contributed by atoms with Gasteiger partial charge in [-0.15, -0.1) is 0 Å². The number of hydrogen-bond acceptors (Lipinski definition) is 1. The molecule has 0 aromatic heterocycles. The van der Waals surface area contributed by atoms with Crippen molar-refractivity contribution in [1.82, 2.24) is 0 Å². The molecule has 0 bridgehead atoms. The van der Waals surface area contributed by atoms with Crippen LogP contribution in [-0.2, 0) is 19.3 Å². The fourth-order valence-electron chi connectivity index (χ4n) is 2.67. The Morgan fingerprint density at radius 1 is 0.842 bits per heavy atom. The molecule has 0 radical (unpaired) electrons. The summed E-state index contributed by atoms with van der Waals surface area (Å²) in [6, 6.07) is 12.9. The molecular weight excluding hydrogens is 230 g/mol. The standard InChI is InChI=1S/C18H23N/c1-4-13-11-14(5-2)18(15(6-3)12-13)16-9-7-8-10-17(16)19/h7-12H,4-6,19H2,1-3H3. The van der Waals surface area contributed by atoms with E-state index in [1.165, 1.54) is 27.8 Å². The van der Waals surface area contributed by atoms with Crippen molar-refractivity contribution in [3.63, 3.8) is 0 Å². The fraction of sp³-hybridized carbons (Fsp3) is 0.333. The minimum Gasteiger partial charge on any atom is -0.398 e. The maximum absolute atomic E-state index is 6.17. The second kappa shape index (κ2) is 5.92. The van der Waals surface area contributed by atoms with Gasteiger partial charge in [-0.05, 0) is 47.6 Å². The molecule has 0 fully saturated rings. The molecule has 1 heteroatoms. The summed E-state index contributed by atoms with van der Waals surface area (Å²) in [6.07, 6.45) is 3.18. The highest BCUT2D eigenvalue weighted by Crippen LogP contribution is 2.33. The highest BCUT2D eigenvalue weighted by atomic mass is 14.6. The van der Waals surface area contributed by atoms with Crippen LogP contribution in [0.3, 0.4) is 0 Å². The Bertz CT molecular complexity index is 545.